The number of alkyl halides is 1. The third-order valence-electron chi connectivity index (χ3n) is 1.16. The van der Waals surface area contributed by atoms with Crippen LogP contribution in [0.25, 0.3) is 0 Å². The number of halogens is 1. The summed E-state index contributed by atoms with van der Waals surface area (Å²) in [4.78, 5) is 1.94. The Bertz CT molecular complexity index is 80.5. The van der Waals surface area contributed by atoms with Crippen molar-refractivity contribution in [3.8, 4) is 0 Å². The average Bonchev–Trinajstić information content (AvgIpc) is 2.43. The Kier molecular flexibility index (Phi) is 1.75. The Morgan fingerprint density at radius 1 is 1.75 bits per heavy atom. The van der Waals surface area contributed by atoms with E-state index in [1.54, 1.807) is 0 Å². The lowest BCUT2D eigenvalue weighted by atomic mass is 10.4. The van der Waals surface area contributed by atoms with Crippen LogP contribution in [-0.2, 0) is 4.74 Å². The van der Waals surface area contributed by atoms with Gasteiger partial charge in [0.05, 0.1) is 6.61 Å². The lowest BCUT2D eigenvalue weighted by Gasteiger charge is -2.13. The molecule has 0 saturated carbocycles. The van der Waals surface area contributed by atoms with Crippen LogP contribution in [0, 0.1) is 0 Å². The first kappa shape index (κ1) is 6.33. The minimum Gasteiger partial charge on any atom is -0.370 e. The van der Waals surface area contributed by atoms with E-state index in [0.717, 1.165) is 6.61 Å². The molecule has 0 aromatic rings. The highest BCUT2D eigenvalue weighted by atomic mass is 35.5. The highest BCUT2D eigenvalue weighted by Gasteiger charge is 2.32. The number of likely N-dealkylation sites (N-methyl/N-ethyl adjacent to an activating group) is 1. The van der Waals surface area contributed by atoms with Gasteiger partial charge < -0.3 is 4.74 Å². The van der Waals surface area contributed by atoms with Gasteiger partial charge >= 0.3 is 0 Å². The Balaban J connectivity index is 2.22. The monoisotopic (exact) mass is 135 g/mol. The number of epoxide rings is 1. The van der Waals surface area contributed by atoms with Crippen molar-refractivity contribution in [1.29, 1.82) is 0 Å². The molecule has 1 rings (SSSR count). The van der Waals surface area contributed by atoms with E-state index in [1.165, 1.54) is 0 Å². The van der Waals surface area contributed by atoms with Crippen molar-refractivity contribution in [3.63, 3.8) is 0 Å². The molecule has 0 aromatic carbocycles. The largest absolute Gasteiger partial charge is 0.370 e. The number of nitrogens with zero attached hydrogens (tertiary/aromatic N) is 1. The predicted octanol–water partition coefficient (Wildman–Crippen LogP) is 0.512. The molecule has 2 unspecified atom stereocenters. The standard InChI is InChI=1S/C5H10ClNO/c1-7(2)5(6)4-3-8-4/h4-5H,3H2,1-2H3. The summed E-state index contributed by atoms with van der Waals surface area (Å²) in [6.07, 6.45) is 0.284. The lowest BCUT2D eigenvalue weighted by Crippen LogP contribution is -2.27. The van der Waals surface area contributed by atoms with E-state index < -0.39 is 0 Å². The fraction of sp³-hybridized carbons (Fsp3) is 1.00. The highest BCUT2D eigenvalue weighted by Crippen LogP contribution is 2.19. The van der Waals surface area contributed by atoms with Crippen molar-refractivity contribution in [1.82, 2.24) is 4.90 Å². The van der Waals surface area contributed by atoms with Gasteiger partial charge in [-0.1, -0.05) is 0 Å². The molecular weight excluding hydrogens is 126 g/mol. The molecule has 0 aliphatic carbocycles. The van der Waals surface area contributed by atoms with Crippen LogP contribution >= 0.6 is 11.6 Å². The Morgan fingerprint density at radius 3 is 2.38 bits per heavy atom. The molecule has 0 N–H and O–H groups in total. The molecule has 2 atom stereocenters. The molecule has 0 aromatic heterocycles. The van der Waals surface area contributed by atoms with Crippen LogP contribution in [0.4, 0.5) is 0 Å². The van der Waals surface area contributed by atoms with Crippen LogP contribution in [0.1, 0.15) is 0 Å². The third-order valence-corrected chi connectivity index (χ3v) is 1.83. The van der Waals surface area contributed by atoms with E-state index >= 15 is 0 Å². The van der Waals surface area contributed by atoms with Gasteiger partial charge in [0.15, 0.2) is 0 Å². The van der Waals surface area contributed by atoms with Gasteiger partial charge in [0.25, 0.3) is 0 Å². The summed E-state index contributed by atoms with van der Waals surface area (Å²) >= 11 is 5.81. The predicted molar refractivity (Wildman–Crippen MR) is 33.1 cm³/mol. The maximum Gasteiger partial charge on any atom is 0.113 e. The zero-order valence-electron chi connectivity index (χ0n) is 5.10. The van der Waals surface area contributed by atoms with Crippen molar-refractivity contribution in [2.24, 2.45) is 0 Å². The van der Waals surface area contributed by atoms with Gasteiger partial charge in [-0.05, 0) is 14.1 Å². The fourth-order valence-corrected chi connectivity index (χ4v) is 0.692. The van der Waals surface area contributed by atoms with Crippen LogP contribution < -0.4 is 0 Å². The highest BCUT2D eigenvalue weighted by molar-refractivity contribution is 6.20. The van der Waals surface area contributed by atoms with Crippen LogP contribution in [0.15, 0.2) is 0 Å². The van der Waals surface area contributed by atoms with E-state index in [1.807, 2.05) is 19.0 Å². The third kappa shape index (κ3) is 1.34. The molecule has 0 bridgehead atoms. The van der Waals surface area contributed by atoms with Crippen LogP contribution in [0.5, 0.6) is 0 Å². The molecule has 0 amide bonds. The van der Waals surface area contributed by atoms with Crippen LogP contribution in [0.2, 0.25) is 0 Å². The lowest BCUT2D eigenvalue weighted by molar-refractivity contribution is 0.294. The van der Waals surface area contributed by atoms with Gasteiger partial charge in [-0.3, -0.25) is 4.90 Å². The van der Waals surface area contributed by atoms with Gasteiger partial charge in [0.2, 0.25) is 0 Å². The molecule has 1 aliphatic rings. The van der Waals surface area contributed by atoms with Crippen molar-refractivity contribution in [2.75, 3.05) is 20.7 Å². The smallest absolute Gasteiger partial charge is 0.113 e. The summed E-state index contributed by atoms with van der Waals surface area (Å²) in [6.45, 7) is 0.826. The molecular formula is C5H10ClNO. The van der Waals surface area contributed by atoms with E-state index in [2.05, 4.69) is 0 Å². The van der Waals surface area contributed by atoms with Gasteiger partial charge in [-0.25, -0.2) is 0 Å². The van der Waals surface area contributed by atoms with E-state index in [-0.39, 0.29) is 11.6 Å². The second-order valence-electron chi connectivity index (χ2n) is 2.21. The van der Waals surface area contributed by atoms with E-state index in [9.17, 15) is 0 Å². The summed E-state index contributed by atoms with van der Waals surface area (Å²) in [6, 6.07) is 0. The molecule has 1 aliphatic heterocycles. The van der Waals surface area contributed by atoms with Crippen molar-refractivity contribution in [2.45, 2.75) is 11.6 Å². The Hall–Kier alpha value is 0.210. The molecule has 1 saturated heterocycles. The second-order valence-corrected chi connectivity index (χ2v) is 2.66. The molecule has 3 heteroatoms. The maximum absolute atomic E-state index is 5.81. The molecule has 1 fully saturated rings. The second kappa shape index (κ2) is 2.21. The van der Waals surface area contributed by atoms with E-state index in [0.29, 0.717) is 0 Å². The summed E-state index contributed by atoms with van der Waals surface area (Å²) in [5.41, 5.74) is 0.0648. The van der Waals surface area contributed by atoms with Gasteiger partial charge in [-0.15, -0.1) is 11.6 Å². The normalized spacial score (nSPS) is 30.8. The molecule has 0 spiro atoms. The fourth-order valence-electron chi connectivity index (χ4n) is 0.547. The zero-order chi connectivity index (χ0) is 6.15. The summed E-state index contributed by atoms with van der Waals surface area (Å²) in [5.74, 6) is 0. The van der Waals surface area contributed by atoms with Crippen LogP contribution in [-0.4, -0.2) is 37.2 Å². The number of ether oxygens (including phenoxy) is 1. The quantitative estimate of drug-likeness (QED) is 0.312. The SMILES string of the molecule is CN(C)C(Cl)C1CO1. The van der Waals surface area contributed by atoms with Gasteiger partial charge in [0, 0.05) is 0 Å². The first-order valence-electron chi connectivity index (χ1n) is 2.64. The molecule has 48 valence electrons. The average molecular weight is 136 g/mol. The van der Waals surface area contributed by atoms with E-state index in [4.69, 9.17) is 16.3 Å². The van der Waals surface area contributed by atoms with Crippen molar-refractivity contribution >= 4 is 11.6 Å². The van der Waals surface area contributed by atoms with Crippen LogP contribution in [0.3, 0.4) is 0 Å². The maximum atomic E-state index is 5.81. The molecule has 2 nitrogen and oxygen atoms in total. The summed E-state index contributed by atoms with van der Waals surface area (Å²) < 4.78 is 4.96. The van der Waals surface area contributed by atoms with Gasteiger partial charge in [0.1, 0.15) is 11.6 Å². The minimum atomic E-state index is 0.0648. The number of hydrogen-bond donors (Lipinski definition) is 0. The minimum absolute atomic E-state index is 0.0648. The Morgan fingerprint density at radius 2 is 2.25 bits per heavy atom. The zero-order valence-corrected chi connectivity index (χ0v) is 5.85. The summed E-state index contributed by atoms with van der Waals surface area (Å²) in [5, 5.41) is 0. The first-order valence-corrected chi connectivity index (χ1v) is 3.07. The molecule has 8 heavy (non-hydrogen) atoms. The van der Waals surface area contributed by atoms with Gasteiger partial charge in [-0.2, -0.15) is 0 Å². The van der Waals surface area contributed by atoms with Crippen molar-refractivity contribution in [3.05, 3.63) is 0 Å². The first-order chi connectivity index (χ1) is 3.72. The molecule has 0 radical (unpaired) electrons. The number of rotatable bonds is 2. The molecule has 1 heterocycles. The number of hydrogen-bond acceptors (Lipinski definition) is 2. The summed E-state index contributed by atoms with van der Waals surface area (Å²) in [7, 11) is 3.89. The Labute approximate surface area is 54.4 Å². The topological polar surface area (TPSA) is 15.8 Å². The van der Waals surface area contributed by atoms with Crippen molar-refractivity contribution < 1.29 is 4.74 Å².